The molecule has 1 unspecified atom stereocenters. The minimum atomic E-state index is -0.716. The van der Waals surface area contributed by atoms with Crippen LogP contribution in [0.5, 0.6) is 5.75 Å². The molecule has 3 aromatic carbocycles. The summed E-state index contributed by atoms with van der Waals surface area (Å²) in [4.78, 5) is 30.0. The lowest BCUT2D eigenvalue weighted by Crippen LogP contribution is -2.29. The fourth-order valence-electron chi connectivity index (χ4n) is 4.23. The Morgan fingerprint density at radius 3 is 2.34 bits per heavy atom. The molecule has 1 saturated heterocycles. The zero-order valence-electron chi connectivity index (χ0n) is 20.3. The highest BCUT2D eigenvalue weighted by Gasteiger charge is 2.46. The smallest absolute Gasteiger partial charge is 0.295 e. The van der Waals surface area contributed by atoms with Gasteiger partial charge in [0.1, 0.15) is 11.5 Å². The Bertz CT molecular complexity index is 1230. The van der Waals surface area contributed by atoms with Crippen molar-refractivity contribution >= 4 is 23.1 Å². The van der Waals surface area contributed by atoms with Crippen LogP contribution in [0.2, 0.25) is 0 Å². The second kappa shape index (κ2) is 10.5. The van der Waals surface area contributed by atoms with Crippen molar-refractivity contribution in [3.8, 4) is 5.75 Å². The van der Waals surface area contributed by atoms with Gasteiger partial charge in [0, 0.05) is 31.9 Å². The van der Waals surface area contributed by atoms with Gasteiger partial charge in [-0.05, 0) is 41.8 Å². The van der Waals surface area contributed by atoms with Crippen molar-refractivity contribution in [3.63, 3.8) is 0 Å². The molecular formula is C29H30N2O4. The molecule has 0 aliphatic carbocycles. The Labute approximate surface area is 206 Å². The van der Waals surface area contributed by atoms with Crippen LogP contribution < -0.4 is 9.64 Å². The highest BCUT2D eigenvalue weighted by atomic mass is 16.5. The fraction of sp³-hybridized carbons (Fsp3) is 0.241. The van der Waals surface area contributed by atoms with Crippen LogP contribution in [-0.2, 0) is 16.1 Å². The minimum absolute atomic E-state index is 0.0798. The van der Waals surface area contributed by atoms with Crippen LogP contribution >= 0.6 is 0 Å². The number of aliphatic hydroxyl groups excluding tert-OH is 1. The summed E-state index contributed by atoms with van der Waals surface area (Å²) in [6, 6.07) is 23.5. The van der Waals surface area contributed by atoms with Gasteiger partial charge in [-0.2, -0.15) is 0 Å². The van der Waals surface area contributed by atoms with E-state index in [1.165, 1.54) is 4.90 Å². The number of amides is 1. The van der Waals surface area contributed by atoms with Crippen molar-refractivity contribution in [2.75, 3.05) is 25.6 Å². The van der Waals surface area contributed by atoms with Crippen LogP contribution in [0.3, 0.4) is 0 Å². The van der Waals surface area contributed by atoms with Gasteiger partial charge in [0.15, 0.2) is 0 Å². The predicted molar refractivity (Wildman–Crippen MR) is 137 cm³/mol. The summed E-state index contributed by atoms with van der Waals surface area (Å²) in [7, 11) is 3.90. The van der Waals surface area contributed by atoms with E-state index in [0.29, 0.717) is 17.9 Å². The number of hydrogen-bond acceptors (Lipinski definition) is 5. The fourth-order valence-corrected chi connectivity index (χ4v) is 4.23. The van der Waals surface area contributed by atoms with Gasteiger partial charge in [-0.25, -0.2) is 0 Å². The molecule has 180 valence electrons. The van der Waals surface area contributed by atoms with Crippen molar-refractivity contribution in [3.05, 3.63) is 101 Å². The minimum Gasteiger partial charge on any atom is -0.507 e. The number of ketones is 1. The van der Waals surface area contributed by atoms with Crippen molar-refractivity contribution in [1.29, 1.82) is 0 Å². The summed E-state index contributed by atoms with van der Waals surface area (Å²) in [5, 5.41) is 11.3. The molecular weight excluding hydrogens is 440 g/mol. The van der Waals surface area contributed by atoms with E-state index in [1.54, 1.807) is 24.3 Å². The van der Waals surface area contributed by atoms with E-state index in [1.807, 2.05) is 80.5 Å². The van der Waals surface area contributed by atoms with Gasteiger partial charge in [-0.15, -0.1) is 0 Å². The summed E-state index contributed by atoms with van der Waals surface area (Å²) >= 11 is 0. The molecule has 6 heteroatoms. The van der Waals surface area contributed by atoms with Crippen LogP contribution in [0.4, 0.5) is 5.69 Å². The Balaban J connectivity index is 1.82. The highest BCUT2D eigenvalue weighted by Crippen LogP contribution is 2.41. The molecule has 0 aromatic heterocycles. The SMILES string of the molecule is CCCOc1cccc(C(O)=C2C(=O)C(=O)N(Cc3ccccc3)C2c2ccc(N(C)C)cc2)c1. The predicted octanol–water partition coefficient (Wildman–Crippen LogP) is 5.16. The summed E-state index contributed by atoms with van der Waals surface area (Å²) in [6.45, 7) is 2.81. The third kappa shape index (κ3) is 5.06. The summed E-state index contributed by atoms with van der Waals surface area (Å²) in [5.74, 6) is -0.931. The van der Waals surface area contributed by atoms with E-state index in [0.717, 1.165) is 23.2 Å². The number of nitrogens with zero attached hydrogens (tertiary/aromatic N) is 2. The van der Waals surface area contributed by atoms with Gasteiger partial charge in [-0.1, -0.05) is 61.5 Å². The molecule has 4 rings (SSSR count). The maximum Gasteiger partial charge on any atom is 0.295 e. The monoisotopic (exact) mass is 470 g/mol. The molecule has 1 aliphatic rings. The Kier molecular flexibility index (Phi) is 7.20. The number of benzene rings is 3. The van der Waals surface area contributed by atoms with Crippen LogP contribution in [0.1, 0.15) is 36.1 Å². The lowest BCUT2D eigenvalue weighted by atomic mass is 9.95. The molecule has 6 nitrogen and oxygen atoms in total. The average Bonchev–Trinajstić information content (AvgIpc) is 3.12. The van der Waals surface area contributed by atoms with Crippen molar-refractivity contribution < 1.29 is 19.4 Å². The van der Waals surface area contributed by atoms with Crippen LogP contribution in [-0.4, -0.2) is 42.4 Å². The molecule has 1 atom stereocenters. The molecule has 0 spiro atoms. The number of aliphatic hydroxyl groups is 1. The standard InChI is InChI=1S/C29H30N2O4/c1-4-17-35-24-12-8-11-22(18-24)27(32)25-26(21-13-15-23(16-14-21)30(2)3)31(29(34)28(25)33)19-20-9-6-5-7-10-20/h5-16,18,26,32H,4,17,19H2,1-3H3. The van der Waals surface area contributed by atoms with Crippen molar-refractivity contribution in [2.45, 2.75) is 25.9 Å². The maximum atomic E-state index is 13.3. The first kappa shape index (κ1) is 24.1. The second-order valence-electron chi connectivity index (χ2n) is 8.77. The molecule has 35 heavy (non-hydrogen) atoms. The lowest BCUT2D eigenvalue weighted by Gasteiger charge is -2.26. The number of hydrogen-bond donors (Lipinski definition) is 1. The van der Waals surface area contributed by atoms with E-state index in [2.05, 4.69) is 0 Å². The lowest BCUT2D eigenvalue weighted by molar-refractivity contribution is -0.140. The molecule has 1 aliphatic heterocycles. The van der Waals surface area contributed by atoms with E-state index in [4.69, 9.17) is 4.74 Å². The quantitative estimate of drug-likeness (QED) is 0.280. The Morgan fingerprint density at radius 2 is 1.69 bits per heavy atom. The molecule has 1 heterocycles. The largest absolute Gasteiger partial charge is 0.507 e. The third-order valence-corrected chi connectivity index (χ3v) is 6.04. The first-order valence-electron chi connectivity index (χ1n) is 11.7. The van der Waals surface area contributed by atoms with Crippen LogP contribution in [0.25, 0.3) is 5.76 Å². The molecule has 1 amide bonds. The van der Waals surface area contributed by atoms with Crippen LogP contribution in [0.15, 0.2) is 84.4 Å². The van der Waals surface area contributed by atoms with Crippen molar-refractivity contribution in [1.82, 2.24) is 4.90 Å². The maximum absolute atomic E-state index is 13.3. The Hall–Kier alpha value is -4.06. The summed E-state index contributed by atoms with van der Waals surface area (Å²) < 4.78 is 5.70. The molecule has 0 saturated carbocycles. The van der Waals surface area contributed by atoms with E-state index in [9.17, 15) is 14.7 Å². The zero-order valence-corrected chi connectivity index (χ0v) is 20.3. The second-order valence-corrected chi connectivity index (χ2v) is 8.77. The van der Waals surface area contributed by atoms with Gasteiger partial charge >= 0.3 is 0 Å². The first-order valence-corrected chi connectivity index (χ1v) is 11.7. The van der Waals surface area contributed by atoms with E-state index < -0.39 is 17.7 Å². The van der Waals surface area contributed by atoms with Gasteiger partial charge in [0.2, 0.25) is 0 Å². The van der Waals surface area contributed by atoms with Gasteiger partial charge < -0.3 is 19.6 Å². The molecule has 0 bridgehead atoms. The van der Waals surface area contributed by atoms with Crippen LogP contribution in [0, 0.1) is 0 Å². The highest BCUT2D eigenvalue weighted by molar-refractivity contribution is 6.46. The average molecular weight is 471 g/mol. The van der Waals surface area contributed by atoms with E-state index >= 15 is 0 Å². The number of Topliss-reactive ketones (excluding diaryl/α,β-unsaturated/α-hetero) is 1. The Morgan fingerprint density at radius 1 is 0.971 bits per heavy atom. The summed E-state index contributed by atoms with van der Waals surface area (Å²) in [6.07, 6.45) is 0.851. The molecule has 0 radical (unpaired) electrons. The number of carbonyl (C=O) groups excluding carboxylic acids is 2. The number of rotatable bonds is 8. The molecule has 3 aromatic rings. The molecule has 1 fully saturated rings. The third-order valence-electron chi connectivity index (χ3n) is 6.04. The van der Waals surface area contributed by atoms with Crippen molar-refractivity contribution in [2.24, 2.45) is 0 Å². The van der Waals surface area contributed by atoms with Gasteiger partial charge in [-0.3, -0.25) is 9.59 Å². The first-order chi connectivity index (χ1) is 16.9. The normalized spacial score (nSPS) is 17.0. The number of carbonyl (C=O) groups is 2. The number of ether oxygens (including phenoxy) is 1. The van der Waals surface area contributed by atoms with Gasteiger partial charge in [0.25, 0.3) is 11.7 Å². The molecule has 1 N–H and O–H groups in total. The van der Waals surface area contributed by atoms with E-state index in [-0.39, 0.29) is 17.9 Å². The number of anilines is 1. The topological polar surface area (TPSA) is 70.1 Å². The number of likely N-dealkylation sites (tertiary alicyclic amines) is 1. The zero-order chi connectivity index (χ0) is 24.9. The summed E-state index contributed by atoms with van der Waals surface area (Å²) in [5.41, 5.74) is 3.17. The van der Waals surface area contributed by atoms with Gasteiger partial charge in [0.05, 0.1) is 18.2 Å².